The summed E-state index contributed by atoms with van der Waals surface area (Å²) in [6.07, 6.45) is 1.69. The van der Waals surface area contributed by atoms with Crippen LogP contribution in [0, 0.1) is 5.82 Å². The number of rotatable bonds is 4. The van der Waals surface area contributed by atoms with Gasteiger partial charge in [-0.1, -0.05) is 18.5 Å². The lowest BCUT2D eigenvalue weighted by Gasteiger charge is -2.15. The number of hydrogen-bond acceptors (Lipinski definition) is 3. The number of benzene rings is 1. The Labute approximate surface area is 126 Å². The summed E-state index contributed by atoms with van der Waals surface area (Å²) >= 11 is 6.22. The Bertz CT molecular complexity index is 772. The van der Waals surface area contributed by atoms with Crippen LogP contribution in [-0.4, -0.2) is 11.5 Å². The summed E-state index contributed by atoms with van der Waals surface area (Å²) in [5.74, 6) is 0.378. The van der Waals surface area contributed by atoms with Crippen LogP contribution in [0.2, 0.25) is 5.02 Å². The molecule has 0 aliphatic heterocycles. The van der Waals surface area contributed by atoms with Gasteiger partial charge >= 0.3 is 0 Å². The van der Waals surface area contributed by atoms with Crippen LogP contribution < -0.4 is 5.32 Å². The molecule has 108 valence electrons. The number of hydrogen-bond donors (Lipinski definition) is 1. The zero-order valence-corrected chi connectivity index (χ0v) is 12.2. The Morgan fingerprint density at radius 3 is 2.95 bits per heavy atom. The van der Waals surface area contributed by atoms with E-state index in [9.17, 15) is 4.39 Å². The fourth-order valence-corrected chi connectivity index (χ4v) is 2.55. The molecule has 21 heavy (non-hydrogen) atoms. The van der Waals surface area contributed by atoms with Gasteiger partial charge in [-0.2, -0.15) is 0 Å². The zero-order chi connectivity index (χ0) is 14.8. The molecule has 1 N–H and O–H groups in total. The van der Waals surface area contributed by atoms with Gasteiger partial charge in [-0.3, -0.25) is 4.98 Å². The van der Waals surface area contributed by atoms with Crippen molar-refractivity contribution in [1.29, 1.82) is 0 Å². The van der Waals surface area contributed by atoms with Gasteiger partial charge in [-0.15, -0.1) is 0 Å². The van der Waals surface area contributed by atoms with E-state index in [1.165, 1.54) is 12.1 Å². The standard InChI is InChI=1S/C16H14ClFN2O/c1-2-19-16(15-12(17)4-3-7-20-15)14-9-10-8-11(18)5-6-13(10)21-14/h3-9,16,19H,2H2,1H3. The number of nitrogens with one attached hydrogen (secondary N) is 1. The maximum absolute atomic E-state index is 13.3. The first-order chi connectivity index (χ1) is 10.2. The molecule has 1 aromatic carbocycles. The van der Waals surface area contributed by atoms with Gasteiger partial charge < -0.3 is 9.73 Å². The van der Waals surface area contributed by atoms with E-state index in [1.54, 1.807) is 24.4 Å². The lowest BCUT2D eigenvalue weighted by atomic mass is 10.1. The summed E-state index contributed by atoms with van der Waals surface area (Å²) in [4.78, 5) is 4.33. The fraction of sp³-hybridized carbons (Fsp3) is 0.188. The van der Waals surface area contributed by atoms with Crippen LogP contribution in [0.3, 0.4) is 0 Å². The lowest BCUT2D eigenvalue weighted by molar-refractivity contribution is 0.471. The quantitative estimate of drug-likeness (QED) is 0.780. The Kier molecular flexibility index (Phi) is 3.90. The van der Waals surface area contributed by atoms with Gasteiger partial charge in [0, 0.05) is 11.6 Å². The predicted octanol–water partition coefficient (Wildman–Crippen LogP) is 4.32. The van der Waals surface area contributed by atoms with E-state index in [0.717, 1.165) is 11.9 Å². The number of furan rings is 1. The maximum atomic E-state index is 13.3. The van der Waals surface area contributed by atoms with Crippen molar-refractivity contribution in [3.63, 3.8) is 0 Å². The second-order valence-corrected chi connectivity index (χ2v) is 5.10. The van der Waals surface area contributed by atoms with Gasteiger partial charge in [0.1, 0.15) is 23.2 Å². The Morgan fingerprint density at radius 1 is 1.33 bits per heavy atom. The molecule has 3 rings (SSSR count). The Morgan fingerprint density at radius 2 is 2.19 bits per heavy atom. The Hall–Kier alpha value is -1.91. The molecule has 0 spiro atoms. The highest BCUT2D eigenvalue weighted by molar-refractivity contribution is 6.31. The lowest BCUT2D eigenvalue weighted by Crippen LogP contribution is -2.22. The predicted molar refractivity (Wildman–Crippen MR) is 80.9 cm³/mol. The van der Waals surface area contributed by atoms with Crippen molar-refractivity contribution in [2.75, 3.05) is 6.54 Å². The highest BCUT2D eigenvalue weighted by atomic mass is 35.5. The second-order valence-electron chi connectivity index (χ2n) is 4.69. The van der Waals surface area contributed by atoms with Crippen LogP contribution in [0.25, 0.3) is 11.0 Å². The molecule has 0 saturated carbocycles. The number of aromatic nitrogens is 1. The fourth-order valence-electron chi connectivity index (χ4n) is 2.32. The van der Waals surface area contributed by atoms with Crippen molar-refractivity contribution >= 4 is 22.6 Å². The summed E-state index contributed by atoms with van der Waals surface area (Å²) in [6.45, 7) is 2.72. The smallest absolute Gasteiger partial charge is 0.134 e. The molecule has 1 unspecified atom stereocenters. The molecular weight excluding hydrogens is 291 g/mol. The minimum absolute atomic E-state index is 0.265. The van der Waals surface area contributed by atoms with Crippen molar-refractivity contribution in [2.24, 2.45) is 0 Å². The number of nitrogens with zero attached hydrogens (tertiary/aromatic N) is 1. The van der Waals surface area contributed by atoms with E-state index < -0.39 is 0 Å². The molecule has 2 heterocycles. The third-order valence-electron chi connectivity index (χ3n) is 3.25. The first-order valence-electron chi connectivity index (χ1n) is 6.72. The van der Waals surface area contributed by atoms with Crippen molar-refractivity contribution < 1.29 is 8.81 Å². The maximum Gasteiger partial charge on any atom is 0.134 e. The van der Waals surface area contributed by atoms with Gasteiger partial charge in [-0.25, -0.2) is 4.39 Å². The molecule has 0 radical (unpaired) electrons. The molecule has 2 aromatic heterocycles. The summed E-state index contributed by atoms with van der Waals surface area (Å²) in [5.41, 5.74) is 1.34. The van der Waals surface area contributed by atoms with Gasteiger partial charge in [0.25, 0.3) is 0 Å². The average molecular weight is 305 g/mol. The normalized spacial score (nSPS) is 12.7. The van der Waals surface area contributed by atoms with Crippen molar-refractivity contribution in [1.82, 2.24) is 10.3 Å². The molecule has 0 fully saturated rings. The highest BCUT2D eigenvalue weighted by Crippen LogP contribution is 2.30. The van der Waals surface area contributed by atoms with Gasteiger partial charge in [-0.05, 0) is 42.9 Å². The molecule has 0 amide bonds. The SMILES string of the molecule is CCNC(c1cc2cc(F)ccc2o1)c1ncccc1Cl. The summed E-state index contributed by atoms with van der Waals surface area (Å²) in [6, 6.07) is 9.57. The third-order valence-corrected chi connectivity index (χ3v) is 3.57. The minimum Gasteiger partial charge on any atom is -0.459 e. The molecular formula is C16H14ClFN2O. The molecule has 0 aliphatic carbocycles. The van der Waals surface area contributed by atoms with Gasteiger partial charge in [0.05, 0.1) is 10.7 Å². The topological polar surface area (TPSA) is 38.1 Å². The van der Waals surface area contributed by atoms with Crippen LogP contribution in [0.1, 0.15) is 24.4 Å². The molecule has 0 saturated heterocycles. The second kappa shape index (κ2) is 5.84. The van der Waals surface area contributed by atoms with Crippen LogP contribution in [0.5, 0.6) is 0 Å². The Balaban J connectivity index is 2.09. The number of halogens is 2. The summed E-state index contributed by atoms with van der Waals surface area (Å²) in [5, 5.41) is 4.58. The van der Waals surface area contributed by atoms with Crippen molar-refractivity contribution in [2.45, 2.75) is 13.0 Å². The average Bonchev–Trinajstić information content (AvgIpc) is 2.88. The number of pyridine rings is 1. The summed E-state index contributed by atoms with van der Waals surface area (Å²) < 4.78 is 19.1. The first-order valence-corrected chi connectivity index (χ1v) is 7.09. The van der Waals surface area contributed by atoms with Crippen LogP contribution >= 0.6 is 11.6 Å². The molecule has 5 heteroatoms. The highest BCUT2D eigenvalue weighted by Gasteiger charge is 2.21. The minimum atomic E-state index is -0.286. The molecule has 0 bridgehead atoms. The molecule has 3 nitrogen and oxygen atoms in total. The van der Waals surface area contributed by atoms with Crippen LogP contribution in [-0.2, 0) is 0 Å². The van der Waals surface area contributed by atoms with E-state index in [2.05, 4.69) is 10.3 Å². The van der Waals surface area contributed by atoms with E-state index in [4.69, 9.17) is 16.0 Å². The molecule has 1 atom stereocenters. The van der Waals surface area contributed by atoms with Gasteiger partial charge in [0.15, 0.2) is 0 Å². The van der Waals surface area contributed by atoms with Crippen LogP contribution in [0.4, 0.5) is 4.39 Å². The molecule has 3 aromatic rings. The third kappa shape index (κ3) is 2.77. The van der Waals surface area contributed by atoms with Crippen LogP contribution in [0.15, 0.2) is 47.0 Å². The van der Waals surface area contributed by atoms with E-state index in [-0.39, 0.29) is 11.9 Å². The largest absolute Gasteiger partial charge is 0.459 e. The monoisotopic (exact) mass is 304 g/mol. The van der Waals surface area contributed by atoms with E-state index in [0.29, 0.717) is 22.1 Å². The number of fused-ring (bicyclic) bond motifs is 1. The van der Waals surface area contributed by atoms with Crippen molar-refractivity contribution in [3.05, 3.63) is 64.9 Å². The first kappa shape index (κ1) is 14.0. The summed E-state index contributed by atoms with van der Waals surface area (Å²) in [7, 11) is 0. The van der Waals surface area contributed by atoms with E-state index >= 15 is 0 Å². The van der Waals surface area contributed by atoms with E-state index in [1.807, 2.05) is 13.0 Å². The zero-order valence-electron chi connectivity index (χ0n) is 11.4. The molecule has 0 aliphatic rings. The van der Waals surface area contributed by atoms with Crippen molar-refractivity contribution in [3.8, 4) is 0 Å². The van der Waals surface area contributed by atoms with Gasteiger partial charge in [0.2, 0.25) is 0 Å².